The third-order valence-corrected chi connectivity index (χ3v) is 7.16. The van der Waals surface area contributed by atoms with E-state index in [4.69, 9.17) is 9.72 Å². The topological polar surface area (TPSA) is 107 Å². The largest absolute Gasteiger partial charge is 0.494 e. The monoisotopic (exact) mass is 494 g/mol. The lowest BCUT2D eigenvalue weighted by Gasteiger charge is -2.32. The molecule has 0 aliphatic carbocycles. The molecule has 0 unspecified atom stereocenters. The SMILES string of the molecule is COc1cc(N2CCN(C)CC2=O)ccc1Nc1ncc2c(n1)N(C)c1sc(C)nc1C(=O)N2C. The van der Waals surface area contributed by atoms with Crippen LogP contribution in [0.15, 0.2) is 24.4 Å². The Morgan fingerprint density at radius 1 is 1.09 bits per heavy atom. The second-order valence-electron chi connectivity index (χ2n) is 8.51. The molecule has 2 amide bonds. The van der Waals surface area contributed by atoms with Crippen molar-refractivity contribution in [1.82, 2.24) is 19.9 Å². The molecule has 11 nitrogen and oxygen atoms in total. The third kappa shape index (κ3) is 4.04. The molecule has 0 bridgehead atoms. The first-order chi connectivity index (χ1) is 16.8. The first kappa shape index (κ1) is 23.0. The minimum absolute atomic E-state index is 0.0509. The molecule has 4 heterocycles. The van der Waals surface area contributed by atoms with Gasteiger partial charge in [0.05, 0.1) is 30.5 Å². The molecular formula is C23H26N8O3S. The maximum Gasteiger partial charge on any atom is 0.279 e. The number of benzene rings is 1. The van der Waals surface area contributed by atoms with Gasteiger partial charge in [0.1, 0.15) is 16.4 Å². The predicted octanol–water partition coefficient (Wildman–Crippen LogP) is 2.63. The molecule has 2 aromatic heterocycles. The first-order valence-electron chi connectivity index (χ1n) is 11.1. The number of likely N-dealkylation sites (N-methyl/N-ethyl adjacent to an activating group) is 1. The van der Waals surface area contributed by atoms with E-state index >= 15 is 0 Å². The van der Waals surface area contributed by atoms with E-state index in [1.54, 1.807) is 25.3 Å². The van der Waals surface area contributed by atoms with Crippen molar-refractivity contribution < 1.29 is 14.3 Å². The standard InChI is InChI=1S/C23H26N8O3S/c1-13-25-19-21(33)29(3)16-11-24-23(27-20(16)30(4)22(19)35-13)26-15-7-6-14(10-17(15)34-5)31-9-8-28(2)12-18(31)32/h6-7,10-11H,8-9,12H2,1-5H3,(H,24,26,27). The average molecular weight is 495 g/mol. The van der Waals surface area contributed by atoms with Crippen molar-refractivity contribution in [1.29, 1.82) is 0 Å². The van der Waals surface area contributed by atoms with Crippen molar-refractivity contribution in [2.24, 2.45) is 0 Å². The van der Waals surface area contributed by atoms with Crippen LogP contribution < -0.4 is 24.8 Å². The van der Waals surface area contributed by atoms with Crippen LogP contribution in [0.3, 0.4) is 0 Å². The fourth-order valence-corrected chi connectivity index (χ4v) is 5.06. The summed E-state index contributed by atoms with van der Waals surface area (Å²) in [7, 11) is 7.07. The number of hydrogen-bond acceptors (Lipinski definition) is 10. The number of thiazole rings is 1. The van der Waals surface area contributed by atoms with Crippen LogP contribution in [0.1, 0.15) is 15.5 Å². The van der Waals surface area contributed by atoms with E-state index in [0.717, 1.165) is 22.2 Å². The number of hydrogen-bond donors (Lipinski definition) is 1. The average Bonchev–Trinajstić information content (AvgIpc) is 3.22. The maximum absolute atomic E-state index is 12.9. The van der Waals surface area contributed by atoms with Crippen LogP contribution in [0.5, 0.6) is 5.75 Å². The Morgan fingerprint density at radius 2 is 1.89 bits per heavy atom. The lowest BCUT2D eigenvalue weighted by molar-refractivity contribution is -0.120. The molecule has 1 aromatic carbocycles. The molecule has 0 radical (unpaired) electrons. The van der Waals surface area contributed by atoms with Gasteiger partial charge in [0.15, 0.2) is 11.5 Å². The van der Waals surface area contributed by atoms with Gasteiger partial charge in [0.25, 0.3) is 5.91 Å². The summed E-state index contributed by atoms with van der Waals surface area (Å²) in [6.07, 6.45) is 1.62. The summed E-state index contributed by atoms with van der Waals surface area (Å²) < 4.78 is 5.60. The summed E-state index contributed by atoms with van der Waals surface area (Å²) in [4.78, 5) is 46.1. The summed E-state index contributed by atoms with van der Waals surface area (Å²) in [6, 6.07) is 5.56. The minimum Gasteiger partial charge on any atom is -0.494 e. The second-order valence-corrected chi connectivity index (χ2v) is 9.69. The Labute approximate surface area is 207 Å². The summed E-state index contributed by atoms with van der Waals surface area (Å²) in [5, 5.41) is 4.76. The summed E-state index contributed by atoms with van der Waals surface area (Å²) >= 11 is 1.44. The highest BCUT2D eigenvalue weighted by molar-refractivity contribution is 7.16. The van der Waals surface area contributed by atoms with Crippen LogP contribution >= 0.6 is 11.3 Å². The van der Waals surface area contributed by atoms with Crippen LogP contribution in [0.25, 0.3) is 0 Å². The van der Waals surface area contributed by atoms with Gasteiger partial charge in [-0.1, -0.05) is 0 Å². The Bertz CT molecular complexity index is 1330. The normalized spacial score (nSPS) is 16.2. The van der Waals surface area contributed by atoms with Gasteiger partial charge in [-0.3, -0.25) is 14.5 Å². The zero-order valence-electron chi connectivity index (χ0n) is 20.2. The number of amides is 2. The molecular weight excluding hydrogens is 468 g/mol. The fraction of sp³-hybridized carbons (Fsp3) is 0.348. The van der Waals surface area contributed by atoms with Gasteiger partial charge in [0, 0.05) is 38.9 Å². The van der Waals surface area contributed by atoms with E-state index in [0.29, 0.717) is 47.7 Å². The molecule has 2 aliphatic heterocycles. The molecule has 35 heavy (non-hydrogen) atoms. The highest BCUT2D eigenvalue weighted by Crippen LogP contribution is 2.41. The summed E-state index contributed by atoms with van der Waals surface area (Å²) in [5.41, 5.74) is 2.43. The lowest BCUT2D eigenvalue weighted by atomic mass is 10.2. The summed E-state index contributed by atoms with van der Waals surface area (Å²) in [5.74, 6) is 1.35. The molecule has 0 atom stereocenters. The number of piperazine rings is 1. The number of nitrogens with zero attached hydrogens (tertiary/aromatic N) is 7. The van der Waals surface area contributed by atoms with Crippen LogP contribution in [0.2, 0.25) is 0 Å². The molecule has 2 aliphatic rings. The van der Waals surface area contributed by atoms with Crippen LogP contribution in [0, 0.1) is 6.92 Å². The quantitative estimate of drug-likeness (QED) is 0.586. The highest BCUT2D eigenvalue weighted by atomic mass is 32.1. The van der Waals surface area contributed by atoms with Crippen LogP contribution in [-0.4, -0.2) is 79.6 Å². The number of ether oxygens (including phenoxy) is 1. The molecule has 3 aromatic rings. The number of rotatable bonds is 4. The van der Waals surface area contributed by atoms with Crippen LogP contribution in [-0.2, 0) is 4.79 Å². The van der Waals surface area contributed by atoms with Crippen molar-refractivity contribution in [2.45, 2.75) is 6.92 Å². The molecule has 0 spiro atoms. The van der Waals surface area contributed by atoms with Crippen molar-refractivity contribution in [3.8, 4) is 5.75 Å². The number of anilines is 6. The number of carbonyl (C=O) groups excluding carboxylic acids is 2. The number of fused-ring (bicyclic) bond motifs is 2. The molecule has 1 fully saturated rings. The van der Waals surface area contributed by atoms with Crippen molar-refractivity contribution >= 4 is 57.0 Å². The van der Waals surface area contributed by atoms with E-state index < -0.39 is 0 Å². The number of aromatic nitrogens is 3. The van der Waals surface area contributed by atoms with E-state index in [1.807, 2.05) is 49.0 Å². The zero-order valence-corrected chi connectivity index (χ0v) is 21.0. The minimum atomic E-state index is -0.199. The third-order valence-electron chi connectivity index (χ3n) is 6.11. The first-order valence-corrected chi connectivity index (χ1v) is 11.9. The molecule has 5 rings (SSSR count). The van der Waals surface area contributed by atoms with Gasteiger partial charge < -0.3 is 24.8 Å². The Hall–Kier alpha value is -3.77. The van der Waals surface area contributed by atoms with Gasteiger partial charge in [-0.2, -0.15) is 4.98 Å². The summed E-state index contributed by atoms with van der Waals surface area (Å²) in [6.45, 7) is 3.69. The van der Waals surface area contributed by atoms with E-state index in [2.05, 4.69) is 15.3 Å². The predicted molar refractivity (Wildman–Crippen MR) is 136 cm³/mol. The molecule has 1 saturated heterocycles. The van der Waals surface area contributed by atoms with E-state index in [1.165, 1.54) is 16.2 Å². The molecule has 0 saturated carbocycles. The van der Waals surface area contributed by atoms with Crippen molar-refractivity contribution in [3.63, 3.8) is 0 Å². The zero-order chi connectivity index (χ0) is 24.9. The smallest absolute Gasteiger partial charge is 0.279 e. The fourth-order valence-electron chi connectivity index (χ4n) is 4.19. The van der Waals surface area contributed by atoms with Gasteiger partial charge in [-0.15, -0.1) is 11.3 Å². The van der Waals surface area contributed by atoms with Crippen LogP contribution in [0.4, 0.5) is 33.8 Å². The molecule has 1 N–H and O–H groups in total. The van der Waals surface area contributed by atoms with Crippen molar-refractivity contribution in [3.05, 3.63) is 35.1 Å². The molecule has 12 heteroatoms. The number of methoxy groups -OCH3 is 1. The number of nitrogens with one attached hydrogen (secondary N) is 1. The van der Waals surface area contributed by atoms with Gasteiger partial charge in [-0.25, -0.2) is 9.97 Å². The highest BCUT2D eigenvalue weighted by Gasteiger charge is 2.32. The Kier molecular flexibility index (Phi) is 5.77. The number of carbonyl (C=O) groups is 2. The lowest BCUT2D eigenvalue weighted by Crippen LogP contribution is -2.48. The van der Waals surface area contributed by atoms with Crippen molar-refractivity contribution in [2.75, 3.05) is 67.9 Å². The second kappa shape index (κ2) is 8.78. The van der Waals surface area contributed by atoms with Gasteiger partial charge in [0.2, 0.25) is 11.9 Å². The van der Waals surface area contributed by atoms with Gasteiger partial charge in [-0.05, 0) is 26.1 Å². The Balaban J connectivity index is 1.46. The maximum atomic E-state index is 12.9. The van der Waals surface area contributed by atoms with E-state index in [9.17, 15) is 9.59 Å². The number of aryl methyl sites for hydroxylation is 1. The van der Waals surface area contributed by atoms with E-state index in [-0.39, 0.29) is 11.8 Å². The Morgan fingerprint density at radius 3 is 2.63 bits per heavy atom. The molecule has 182 valence electrons. The van der Waals surface area contributed by atoms with Gasteiger partial charge >= 0.3 is 0 Å².